The number of rotatable bonds is 4. The Morgan fingerprint density at radius 2 is 2.44 bits per heavy atom. The zero-order chi connectivity index (χ0) is 7.11. The second kappa shape index (κ2) is 5.35. The van der Waals surface area contributed by atoms with Gasteiger partial charge in [0.1, 0.15) is 6.61 Å². The van der Waals surface area contributed by atoms with E-state index in [2.05, 4.69) is 11.3 Å². The molecule has 0 aromatic carbocycles. The lowest BCUT2D eigenvalue weighted by atomic mass is 10.3. The van der Waals surface area contributed by atoms with Crippen molar-refractivity contribution in [3.8, 4) is 0 Å². The summed E-state index contributed by atoms with van der Waals surface area (Å²) < 4.78 is 4.64. The van der Waals surface area contributed by atoms with Crippen LogP contribution >= 0.6 is 0 Å². The maximum Gasteiger partial charge on any atom is 0.306 e. The van der Waals surface area contributed by atoms with Crippen LogP contribution in [0.1, 0.15) is 13.3 Å². The molecule has 0 rings (SSSR count). The Balaban J connectivity index is 3.16. The van der Waals surface area contributed by atoms with Crippen molar-refractivity contribution >= 4 is 5.97 Å². The average molecular weight is 127 g/mol. The Hall–Kier alpha value is -0.790. The van der Waals surface area contributed by atoms with Crippen molar-refractivity contribution in [2.24, 2.45) is 0 Å². The molecule has 51 valence electrons. The second-order valence-corrected chi connectivity index (χ2v) is 1.58. The summed E-state index contributed by atoms with van der Waals surface area (Å²) in [4.78, 5) is 10.5. The van der Waals surface area contributed by atoms with Crippen LogP contribution in [-0.4, -0.2) is 12.6 Å². The first-order valence-electron chi connectivity index (χ1n) is 2.85. The van der Waals surface area contributed by atoms with E-state index in [4.69, 9.17) is 0 Å². The Bertz CT molecular complexity index is 97.1. The molecule has 0 aromatic heterocycles. The van der Waals surface area contributed by atoms with Crippen LogP contribution in [-0.2, 0) is 9.53 Å². The largest absolute Gasteiger partial charge is 0.461 e. The molecule has 0 spiro atoms. The summed E-state index contributed by atoms with van der Waals surface area (Å²) in [6.07, 6.45) is 3.69. The van der Waals surface area contributed by atoms with E-state index in [-0.39, 0.29) is 5.97 Å². The van der Waals surface area contributed by atoms with Crippen molar-refractivity contribution < 1.29 is 9.53 Å². The average Bonchev–Trinajstić information content (AvgIpc) is 1.85. The molecule has 0 aromatic rings. The van der Waals surface area contributed by atoms with Gasteiger partial charge in [-0.3, -0.25) is 4.79 Å². The molecule has 2 nitrogen and oxygen atoms in total. The molecule has 1 radical (unpaired) electrons. The van der Waals surface area contributed by atoms with E-state index in [9.17, 15) is 4.79 Å². The summed E-state index contributed by atoms with van der Waals surface area (Å²) in [7, 11) is 0. The highest BCUT2D eigenvalue weighted by atomic mass is 16.5. The van der Waals surface area contributed by atoms with Crippen LogP contribution in [0.15, 0.2) is 12.7 Å². The zero-order valence-corrected chi connectivity index (χ0v) is 5.59. The molecular formula is C7H11O2. The standard InChI is InChI=1S/C7H11O2/c1-3-5-7(8)9-6-4-2/h3-4H,2,5-6H2,1H3. The number of esters is 1. The summed E-state index contributed by atoms with van der Waals surface area (Å²) in [5.41, 5.74) is 0. The van der Waals surface area contributed by atoms with Gasteiger partial charge in [-0.25, -0.2) is 0 Å². The Morgan fingerprint density at radius 1 is 1.78 bits per heavy atom. The smallest absolute Gasteiger partial charge is 0.306 e. The third-order valence-electron chi connectivity index (χ3n) is 0.733. The van der Waals surface area contributed by atoms with Crippen LogP contribution < -0.4 is 0 Å². The third kappa shape index (κ3) is 5.07. The summed E-state index contributed by atoms with van der Waals surface area (Å²) in [6, 6.07) is 0. The first kappa shape index (κ1) is 8.21. The highest BCUT2D eigenvalue weighted by Crippen LogP contribution is 1.88. The fourth-order valence-corrected chi connectivity index (χ4v) is 0.377. The van der Waals surface area contributed by atoms with Crippen molar-refractivity contribution in [3.63, 3.8) is 0 Å². The fourth-order valence-electron chi connectivity index (χ4n) is 0.377. The topological polar surface area (TPSA) is 26.3 Å². The van der Waals surface area contributed by atoms with Crippen LogP contribution in [0.3, 0.4) is 0 Å². The fraction of sp³-hybridized carbons (Fsp3) is 0.429. The van der Waals surface area contributed by atoms with Gasteiger partial charge in [0.15, 0.2) is 0 Å². The van der Waals surface area contributed by atoms with Gasteiger partial charge in [-0.2, -0.15) is 0 Å². The van der Waals surface area contributed by atoms with Crippen molar-refractivity contribution in [1.29, 1.82) is 0 Å². The quantitative estimate of drug-likeness (QED) is 0.420. The molecule has 0 aliphatic carbocycles. The molecule has 0 unspecified atom stereocenters. The lowest BCUT2D eigenvalue weighted by molar-refractivity contribution is -0.141. The van der Waals surface area contributed by atoms with Gasteiger partial charge in [-0.1, -0.05) is 19.6 Å². The molecule has 0 saturated carbocycles. The second-order valence-electron chi connectivity index (χ2n) is 1.58. The van der Waals surface area contributed by atoms with E-state index in [0.29, 0.717) is 13.0 Å². The van der Waals surface area contributed by atoms with Crippen LogP contribution in [0, 0.1) is 6.42 Å². The third-order valence-corrected chi connectivity index (χ3v) is 0.733. The van der Waals surface area contributed by atoms with Crippen molar-refractivity contribution in [2.45, 2.75) is 13.3 Å². The van der Waals surface area contributed by atoms with Crippen molar-refractivity contribution in [3.05, 3.63) is 19.1 Å². The minimum Gasteiger partial charge on any atom is -0.461 e. The zero-order valence-electron chi connectivity index (χ0n) is 5.59. The van der Waals surface area contributed by atoms with Gasteiger partial charge in [0.05, 0.1) is 0 Å². The SMILES string of the molecule is C=CCOC(=O)C[CH]C. The normalized spacial score (nSPS) is 8.56. The van der Waals surface area contributed by atoms with Crippen LogP contribution in [0.25, 0.3) is 0 Å². The molecular weight excluding hydrogens is 116 g/mol. The van der Waals surface area contributed by atoms with E-state index in [1.54, 1.807) is 12.5 Å². The first-order valence-corrected chi connectivity index (χ1v) is 2.85. The summed E-state index contributed by atoms with van der Waals surface area (Å²) >= 11 is 0. The number of ether oxygens (including phenoxy) is 1. The van der Waals surface area contributed by atoms with Crippen LogP contribution in [0.5, 0.6) is 0 Å². The summed E-state index contributed by atoms with van der Waals surface area (Å²) in [6.45, 7) is 5.53. The first-order chi connectivity index (χ1) is 4.31. The molecule has 0 N–H and O–H groups in total. The molecule has 0 amide bonds. The van der Waals surface area contributed by atoms with E-state index in [0.717, 1.165) is 0 Å². The number of hydrogen-bond donors (Lipinski definition) is 0. The van der Waals surface area contributed by atoms with E-state index in [1.807, 2.05) is 6.92 Å². The summed E-state index contributed by atoms with van der Waals surface area (Å²) in [5.74, 6) is -0.197. The summed E-state index contributed by atoms with van der Waals surface area (Å²) in [5, 5.41) is 0. The molecule has 0 fully saturated rings. The van der Waals surface area contributed by atoms with Gasteiger partial charge in [0.2, 0.25) is 0 Å². The molecule has 0 saturated heterocycles. The molecule has 0 aliphatic rings. The van der Waals surface area contributed by atoms with Gasteiger partial charge in [-0.05, 0) is 6.42 Å². The van der Waals surface area contributed by atoms with Crippen LogP contribution in [0.4, 0.5) is 0 Å². The number of carbonyl (C=O) groups is 1. The van der Waals surface area contributed by atoms with Crippen LogP contribution in [0.2, 0.25) is 0 Å². The predicted octanol–water partition coefficient (Wildman–Crippen LogP) is 1.33. The Labute approximate surface area is 55.5 Å². The highest BCUT2D eigenvalue weighted by Gasteiger charge is 1.96. The lowest BCUT2D eigenvalue weighted by Crippen LogP contribution is -2.02. The van der Waals surface area contributed by atoms with E-state index >= 15 is 0 Å². The molecule has 0 atom stereocenters. The monoisotopic (exact) mass is 127 g/mol. The maximum atomic E-state index is 10.5. The molecule has 0 bridgehead atoms. The Morgan fingerprint density at radius 3 is 2.89 bits per heavy atom. The van der Waals surface area contributed by atoms with E-state index < -0.39 is 0 Å². The van der Waals surface area contributed by atoms with E-state index in [1.165, 1.54) is 0 Å². The van der Waals surface area contributed by atoms with Gasteiger partial charge >= 0.3 is 5.97 Å². The lowest BCUT2D eigenvalue weighted by Gasteiger charge is -1.97. The van der Waals surface area contributed by atoms with Gasteiger partial charge < -0.3 is 4.74 Å². The number of hydrogen-bond acceptors (Lipinski definition) is 2. The van der Waals surface area contributed by atoms with Gasteiger partial charge in [0, 0.05) is 6.42 Å². The van der Waals surface area contributed by atoms with Crippen molar-refractivity contribution in [2.75, 3.05) is 6.61 Å². The maximum absolute atomic E-state index is 10.5. The van der Waals surface area contributed by atoms with Crippen molar-refractivity contribution in [1.82, 2.24) is 0 Å². The minimum atomic E-state index is -0.197. The molecule has 2 heteroatoms. The minimum absolute atomic E-state index is 0.197. The highest BCUT2D eigenvalue weighted by molar-refractivity contribution is 5.70. The molecule has 0 aliphatic heterocycles. The van der Waals surface area contributed by atoms with Gasteiger partial charge in [0.25, 0.3) is 0 Å². The van der Waals surface area contributed by atoms with Gasteiger partial charge in [-0.15, -0.1) is 0 Å². The molecule has 0 heterocycles. The Kier molecular flexibility index (Phi) is 4.88. The number of carbonyl (C=O) groups excluding carboxylic acids is 1. The molecule has 9 heavy (non-hydrogen) atoms. The predicted molar refractivity (Wildman–Crippen MR) is 35.7 cm³/mol.